The molecule has 2 heterocycles. The second-order valence-electron chi connectivity index (χ2n) is 6.98. The van der Waals surface area contributed by atoms with Crippen molar-refractivity contribution >= 4 is 46.1 Å². The Bertz CT molecular complexity index is 1340. The number of nitrogens with zero attached hydrogens (tertiary/aromatic N) is 4. The zero-order chi connectivity index (χ0) is 25.5. The van der Waals surface area contributed by atoms with E-state index in [0.717, 1.165) is 35.8 Å². The first-order valence-corrected chi connectivity index (χ1v) is 10.5. The first-order chi connectivity index (χ1) is 15.8. The molecule has 0 saturated carbocycles. The van der Waals surface area contributed by atoms with Crippen LogP contribution in [0, 0.1) is 5.82 Å². The van der Waals surface area contributed by atoms with Gasteiger partial charge in [0.05, 0.1) is 29.9 Å². The van der Waals surface area contributed by atoms with Crippen molar-refractivity contribution in [2.24, 2.45) is 12.0 Å². The molecule has 1 aromatic heterocycles. The summed E-state index contributed by atoms with van der Waals surface area (Å²) in [5.74, 6) is -2.25. The summed E-state index contributed by atoms with van der Waals surface area (Å²) in [6.07, 6.45) is -5.22. The van der Waals surface area contributed by atoms with E-state index < -0.39 is 51.8 Å². The molecule has 0 spiro atoms. The van der Waals surface area contributed by atoms with Crippen molar-refractivity contribution in [1.29, 1.82) is 0 Å². The normalized spacial score (nSPS) is 17.5. The molecule has 9 nitrogen and oxygen atoms in total. The maximum Gasteiger partial charge on any atom is 0.431 e. The average molecular weight is 523 g/mol. The largest absolute Gasteiger partial charge is 0.469 e. The van der Waals surface area contributed by atoms with Gasteiger partial charge in [0.15, 0.2) is 5.17 Å². The summed E-state index contributed by atoms with van der Waals surface area (Å²) in [4.78, 5) is 54.0. The lowest BCUT2D eigenvalue weighted by molar-refractivity contribution is -0.144. The Hall–Kier alpha value is -3.13. The van der Waals surface area contributed by atoms with Gasteiger partial charge in [-0.2, -0.15) is 13.2 Å². The van der Waals surface area contributed by atoms with Crippen LogP contribution >= 0.6 is 23.4 Å². The van der Waals surface area contributed by atoms with E-state index in [1.54, 1.807) is 0 Å². The van der Waals surface area contributed by atoms with Gasteiger partial charge in [0, 0.05) is 20.2 Å². The molecule has 1 fully saturated rings. The van der Waals surface area contributed by atoms with E-state index in [1.165, 1.54) is 14.2 Å². The molecular formula is C19H15ClF4N4O5S. The molecule has 2 aromatic rings. The first kappa shape index (κ1) is 25.5. The van der Waals surface area contributed by atoms with Gasteiger partial charge in [-0.1, -0.05) is 23.4 Å². The standard InChI is InChI=1S/C19H15ClF4N4O5S/c1-26-13(19(22,23)24)7-14(29)28(18(26)32)11-5-10(8(20)4-9(11)21)25-17-27(2)16(31)12(34-17)6-15(30)33-3/h4-5,7,12H,6H2,1-3H3/b25-17-. The van der Waals surface area contributed by atoms with Crippen molar-refractivity contribution in [3.05, 3.63) is 55.6 Å². The highest BCUT2D eigenvalue weighted by molar-refractivity contribution is 8.15. The zero-order valence-electron chi connectivity index (χ0n) is 17.6. The molecule has 1 unspecified atom stereocenters. The number of aromatic nitrogens is 2. The number of aliphatic imine (C=N–C) groups is 1. The number of carbonyl (C=O) groups excluding carboxylic acids is 2. The number of benzene rings is 1. The molecule has 1 saturated heterocycles. The van der Waals surface area contributed by atoms with E-state index in [9.17, 15) is 36.7 Å². The number of carbonyl (C=O) groups is 2. The van der Waals surface area contributed by atoms with Crippen molar-refractivity contribution in [2.45, 2.75) is 17.8 Å². The van der Waals surface area contributed by atoms with Gasteiger partial charge >= 0.3 is 17.8 Å². The van der Waals surface area contributed by atoms with Crippen molar-refractivity contribution in [3.8, 4) is 5.69 Å². The third kappa shape index (κ3) is 4.73. The highest BCUT2D eigenvalue weighted by Gasteiger charge is 2.38. The third-order valence-electron chi connectivity index (χ3n) is 4.80. The predicted molar refractivity (Wildman–Crippen MR) is 115 cm³/mol. The Morgan fingerprint density at radius 3 is 2.44 bits per heavy atom. The number of amidine groups is 1. The van der Waals surface area contributed by atoms with Gasteiger partial charge < -0.3 is 4.74 Å². The van der Waals surface area contributed by atoms with Crippen molar-refractivity contribution in [1.82, 2.24) is 14.0 Å². The van der Waals surface area contributed by atoms with Crippen LogP contribution in [-0.2, 0) is 27.5 Å². The molecular weight excluding hydrogens is 508 g/mol. The Labute approximate surface area is 197 Å². The monoisotopic (exact) mass is 522 g/mol. The number of amides is 1. The number of esters is 1. The smallest absolute Gasteiger partial charge is 0.431 e. The van der Waals surface area contributed by atoms with Crippen molar-refractivity contribution in [3.63, 3.8) is 0 Å². The topological polar surface area (TPSA) is 103 Å². The summed E-state index contributed by atoms with van der Waals surface area (Å²) in [6, 6.07) is 1.79. The number of thioether (sulfide) groups is 1. The van der Waals surface area contributed by atoms with Gasteiger partial charge in [-0.15, -0.1) is 0 Å². The molecule has 0 aliphatic carbocycles. The minimum absolute atomic E-state index is 0.0750. The number of hydrogen-bond acceptors (Lipinski definition) is 7. The summed E-state index contributed by atoms with van der Waals surface area (Å²) >= 11 is 6.94. The second kappa shape index (κ2) is 9.25. The highest BCUT2D eigenvalue weighted by atomic mass is 35.5. The van der Waals surface area contributed by atoms with Crippen LogP contribution in [0.1, 0.15) is 12.1 Å². The Kier molecular flexibility index (Phi) is 6.94. The predicted octanol–water partition coefficient (Wildman–Crippen LogP) is 2.47. The van der Waals surface area contributed by atoms with Crippen LogP contribution in [0.3, 0.4) is 0 Å². The molecule has 0 radical (unpaired) electrons. The lowest BCUT2D eigenvalue weighted by Gasteiger charge is -2.15. The number of halogens is 5. The van der Waals surface area contributed by atoms with Crippen molar-refractivity contribution in [2.75, 3.05) is 14.2 Å². The molecule has 1 aromatic carbocycles. The van der Waals surface area contributed by atoms with E-state index in [4.69, 9.17) is 11.6 Å². The quantitative estimate of drug-likeness (QED) is 0.451. The van der Waals surface area contributed by atoms with Crippen LogP contribution in [0.4, 0.5) is 23.2 Å². The lowest BCUT2D eigenvalue weighted by Crippen LogP contribution is -2.41. The molecule has 182 valence electrons. The fraction of sp³-hybridized carbons (Fsp3) is 0.316. The minimum atomic E-state index is -4.99. The van der Waals surface area contributed by atoms with Crippen LogP contribution in [0.2, 0.25) is 5.02 Å². The van der Waals surface area contributed by atoms with Gasteiger partial charge in [0.25, 0.3) is 5.56 Å². The molecule has 1 atom stereocenters. The summed E-state index contributed by atoms with van der Waals surface area (Å²) in [7, 11) is 3.32. The van der Waals surface area contributed by atoms with Crippen LogP contribution in [0.25, 0.3) is 5.69 Å². The van der Waals surface area contributed by atoms with Gasteiger partial charge in [-0.25, -0.2) is 18.7 Å². The Morgan fingerprint density at radius 2 is 1.85 bits per heavy atom. The molecule has 1 aliphatic rings. The van der Waals surface area contributed by atoms with Crippen LogP contribution < -0.4 is 11.2 Å². The minimum Gasteiger partial charge on any atom is -0.469 e. The van der Waals surface area contributed by atoms with Crippen LogP contribution in [0.5, 0.6) is 0 Å². The third-order valence-corrected chi connectivity index (χ3v) is 6.34. The number of ether oxygens (including phenoxy) is 1. The summed E-state index contributed by atoms with van der Waals surface area (Å²) < 4.78 is 58.8. The first-order valence-electron chi connectivity index (χ1n) is 9.25. The molecule has 3 rings (SSSR count). The molecule has 0 bridgehead atoms. The van der Waals surface area contributed by atoms with Gasteiger partial charge in [-0.05, 0) is 12.1 Å². The number of hydrogen-bond donors (Lipinski definition) is 0. The maximum absolute atomic E-state index is 14.7. The second-order valence-corrected chi connectivity index (χ2v) is 8.55. The molecule has 1 amide bonds. The Morgan fingerprint density at radius 1 is 1.21 bits per heavy atom. The van der Waals surface area contributed by atoms with Crippen molar-refractivity contribution < 1.29 is 31.9 Å². The van der Waals surface area contributed by atoms with Crippen LogP contribution in [-0.4, -0.2) is 50.5 Å². The van der Waals surface area contributed by atoms with Gasteiger partial charge in [-0.3, -0.25) is 23.9 Å². The maximum atomic E-state index is 14.7. The lowest BCUT2D eigenvalue weighted by atomic mass is 10.2. The molecule has 0 N–H and O–H groups in total. The molecule has 34 heavy (non-hydrogen) atoms. The molecule has 1 aliphatic heterocycles. The van der Waals surface area contributed by atoms with E-state index in [-0.39, 0.29) is 37.5 Å². The van der Waals surface area contributed by atoms with E-state index in [0.29, 0.717) is 0 Å². The van der Waals surface area contributed by atoms with Gasteiger partial charge in [0.2, 0.25) is 5.91 Å². The number of methoxy groups -OCH3 is 1. The van der Waals surface area contributed by atoms with Crippen LogP contribution in [0.15, 0.2) is 32.8 Å². The van der Waals surface area contributed by atoms with E-state index in [2.05, 4.69) is 9.73 Å². The van der Waals surface area contributed by atoms with E-state index >= 15 is 0 Å². The fourth-order valence-corrected chi connectivity index (χ4v) is 4.36. The highest BCUT2D eigenvalue weighted by Crippen LogP contribution is 2.35. The average Bonchev–Trinajstić information content (AvgIpc) is 3.00. The van der Waals surface area contributed by atoms with E-state index in [1.807, 2.05) is 0 Å². The molecule has 15 heteroatoms. The SMILES string of the molecule is COC(=O)CC1S/C(=N\c2cc(-n3c(=O)cc(C(F)(F)F)n(C)c3=O)c(F)cc2Cl)N(C)C1=O. The Balaban J connectivity index is 2.11. The number of alkyl halides is 3. The summed E-state index contributed by atoms with van der Waals surface area (Å²) in [6.45, 7) is 0. The summed E-state index contributed by atoms with van der Waals surface area (Å²) in [5, 5.41) is -1.02. The van der Waals surface area contributed by atoms with Gasteiger partial charge in [0.1, 0.15) is 16.8 Å². The zero-order valence-corrected chi connectivity index (χ0v) is 19.2. The fourth-order valence-electron chi connectivity index (χ4n) is 3.04. The number of rotatable bonds is 4. The summed E-state index contributed by atoms with van der Waals surface area (Å²) in [5.41, 5.74) is -5.23.